The fourth-order valence-corrected chi connectivity index (χ4v) is 3.40. The Hall–Kier alpha value is -2.86. The number of hydrogen-bond acceptors (Lipinski definition) is 5. The van der Waals surface area contributed by atoms with Gasteiger partial charge in [-0.25, -0.2) is 9.78 Å². The molecule has 5 nitrogen and oxygen atoms in total. The zero-order valence-corrected chi connectivity index (χ0v) is 13.8. The Bertz CT molecular complexity index is 1030. The standard InChI is InChI=1S/C18H15N3O2S/c1-11(12-5-3-2-4-6-12)19-17-20-15(10-24-17)13-7-8-14-16(9-13)23-18(22)21-14/h2-11H,1H3,(H,19,20)(H,21,22)/t11-/m0/s1. The molecule has 0 amide bonds. The van der Waals surface area contributed by atoms with Gasteiger partial charge in [-0.3, -0.25) is 4.98 Å². The number of oxazole rings is 1. The van der Waals surface area contributed by atoms with Gasteiger partial charge in [0.15, 0.2) is 10.7 Å². The van der Waals surface area contributed by atoms with Crippen LogP contribution in [0.5, 0.6) is 0 Å². The third kappa shape index (κ3) is 2.83. The van der Waals surface area contributed by atoms with Crippen LogP contribution in [0.2, 0.25) is 0 Å². The van der Waals surface area contributed by atoms with Crippen molar-refractivity contribution in [1.29, 1.82) is 0 Å². The van der Waals surface area contributed by atoms with E-state index in [-0.39, 0.29) is 6.04 Å². The molecule has 0 aliphatic rings. The third-order valence-electron chi connectivity index (χ3n) is 3.86. The van der Waals surface area contributed by atoms with Crippen molar-refractivity contribution < 1.29 is 4.42 Å². The second kappa shape index (κ2) is 5.98. The highest BCUT2D eigenvalue weighted by Crippen LogP contribution is 2.29. The highest BCUT2D eigenvalue weighted by atomic mass is 32.1. The van der Waals surface area contributed by atoms with Gasteiger partial charge >= 0.3 is 5.76 Å². The van der Waals surface area contributed by atoms with Crippen molar-refractivity contribution in [3.63, 3.8) is 0 Å². The molecule has 2 heterocycles. The molecule has 4 rings (SSSR count). The van der Waals surface area contributed by atoms with Crippen molar-refractivity contribution in [3.8, 4) is 11.3 Å². The number of benzene rings is 2. The van der Waals surface area contributed by atoms with Crippen LogP contribution in [0.1, 0.15) is 18.5 Å². The van der Waals surface area contributed by atoms with Crippen molar-refractivity contribution in [3.05, 3.63) is 70.0 Å². The molecule has 0 unspecified atom stereocenters. The fraction of sp³-hybridized carbons (Fsp3) is 0.111. The summed E-state index contributed by atoms with van der Waals surface area (Å²) in [6.07, 6.45) is 0. The Morgan fingerprint density at radius 3 is 2.88 bits per heavy atom. The summed E-state index contributed by atoms with van der Waals surface area (Å²) in [5.74, 6) is -0.445. The van der Waals surface area contributed by atoms with Crippen LogP contribution in [0.15, 0.2) is 63.1 Å². The Kier molecular flexibility index (Phi) is 3.66. The van der Waals surface area contributed by atoms with E-state index in [0.717, 1.165) is 16.4 Å². The van der Waals surface area contributed by atoms with E-state index in [0.29, 0.717) is 11.1 Å². The highest BCUT2D eigenvalue weighted by Gasteiger charge is 2.10. The van der Waals surface area contributed by atoms with Gasteiger partial charge < -0.3 is 9.73 Å². The molecule has 24 heavy (non-hydrogen) atoms. The lowest BCUT2D eigenvalue weighted by molar-refractivity contribution is 0.555. The fourth-order valence-electron chi connectivity index (χ4n) is 2.59. The molecular weight excluding hydrogens is 322 g/mol. The highest BCUT2D eigenvalue weighted by molar-refractivity contribution is 7.14. The van der Waals surface area contributed by atoms with Crippen LogP contribution in [0.4, 0.5) is 5.13 Å². The summed E-state index contributed by atoms with van der Waals surface area (Å²) in [5, 5.41) is 6.27. The van der Waals surface area contributed by atoms with E-state index in [1.807, 2.05) is 41.8 Å². The van der Waals surface area contributed by atoms with E-state index in [1.54, 1.807) is 11.3 Å². The molecular formula is C18H15N3O2S. The summed E-state index contributed by atoms with van der Waals surface area (Å²) in [6, 6.07) is 16.0. The largest absolute Gasteiger partial charge is 0.417 e. The number of rotatable bonds is 4. The third-order valence-corrected chi connectivity index (χ3v) is 4.63. The molecule has 0 radical (unpaired) electrons. The summed E-state index contributed by atoms with van der Waals surface area (Å²) >= 11 is 1.56. The number of nitrogens with one attached hydrogen (secondary N) is 2. The van der Waals surface area contributed by atoms with E-state index >= 15 is 0 Å². The smallest absolute Gasteiger partial charge is 0.408 e. The number of anilines is 1. The van der Waals surface area contributed by atoms with Crippen LogP contribution < -0.4 is 11.1 Å². The van der Waals surface area contributed by atoms with E-state index in [2.05, 4.69) is 34.3 Å². The lowest BCUT2D eigenvalue weighted by Crippen LogP contribution is -2.05. The maximum absolute atomic E-state index is 11.3. The average molecular weight is 337 g/mol. The van der Waals surface area contributed by atoms with Crippen molar-refractivity contribution in [2.24, 2.45) is 0 Å². The average Bonchev–Trinajstić information content (AvgIpc) is 3.20. The minimum Gasteiger partial charge on any atom is -0.408 e. The predicted molar refractivity (Wildman–Crippen MR) is 96.4 cm³/mol. The Morgan fingerprint density at radius 1 is 1.21 bits per heavy atom. The SMILES string of the molecule is C[C@H](Nc1nc(-c2ccc3[nH]c(=O)oc3c2)cs1)c1ccccc1. The van der Waals surface area contributed by atoms with Gasteiger partial charge in [0.1, 0.15) is 0 Å². The minimum atomic E-state index is -0.445. The molecule has 6 heteroatoms. The first-order valence-corrected chi connectivity index (χ1v) is 8.47. The van der Waals surface area contributed by atoms with Gasteiger partial charge in [0, 0.05) is 10.9 Å². The lowest BCUT2D eigenvalue weighted by atomic mass is 10.1. The first-order chi connectivity index (χ1) is 11.7. The van der Waals surface area contributed by atoms with Crippen LogP contribution >= 0.6 is 11.3 Å². The van der Waals surface area contributed by atoms with Gasteiger partial charge in [-0.05, 0) is 24.6 Å². The van der Waals surface area contributed by atoms with E-state index < -0.39 is 5.76 Å². The van der Waals surface area contributed by atoms with Crippen LogP contribution in [0.25, 0.3) is 22.4 Å². The molecule has 2 aromatic carbocycles. The molecule has 0 saturated carbocycles. The molecule has 1 atom stereocenters. The molecule has 0 saturated heterocycles. The number of H-pyrrole nitrogens is 1. The summed E-state index contributed by atoms with van der Waals surface area (Å²) < 4.78 is 5.11. The van der Waals surface area contributed by atoms with Crippen molar-refractivity contribution in [1.82, 2.24) is 9.97 Å². The maximum atomic E-state index is 11.3. The summed E-state index contributed by atoms with van der Waals surface area (Å²) in [4.78, 5) is 18.5. The number of thiazole rings is 1. The molecule has 0 fully saturated rings. The van der Waals surface area contributed by atoms with Gasteiger partial charge in [0.25, 0.3) is 0 Å². The lowest BCUT2D eigenvalue weighted by Gasteiger charge is -2.12. The summed E-state index contributed by atoms with van der Waals surface area (Å²) in [7, 11) is 0. The predicted octanol–water partition coefficient (Wildman–Crippen LogP) is 4.42. The second-order valence-electron chi connectivity index (χ2n) is 5.54. The normalized spacial score (nSPS) is 12.4. The van der Waals surface area contributed by atoms with E-state index in [4.69, 9.17) is 4.42 Å². The van der Waals surface area contributed by atoms with Gasteiger partial charge in [-0.15, -0.1) is 11.3 Å². The molecule has 120 valence electrons. The van der Waals surface area contributed by atoms with Gasteiger partial charge in [0.05, 0.1) is 17.3 Å². The molecule has 2 N–H and O–H groups in total. The Morgan fingerprint density at radius 2 is 2.04 bits per heavy atom. The quantitative estimate of drug-likeness (QED) is 0.578. The number of fused-ring (bicyclic) bond motifs is 1. The van der Waals surface area contributed by atoms with E-state index in [9.17, 15) is 4.79 Å². The van der Waals surface area contributed by atoms with Gasteiger partial charge in [-0.1, -0.05) is 36.4 Å². The van der Waals surface area contributed by atoms with Crippen LogP contribution in [0.3, 0.4) is 0 Å². The second-order valence-corrected chi connectivity index (χ2v) is 6.40. The maximum Gasteiger partial charge on any atom is 0.417 e. The van der Waals surface area contributed by atoms with Crippen LogP contribution in [-0.2, 0) is 0 Å². The van der Waals surface area contributed by atoms with Crippen molar-refractivity contribution >= 4 is 27.6 Å². The molecule has 2 aromatic heterocycles. The Balaban J connectivity index is 1.58. The molecule has 0 aliphatic carbocycles. The number of nitrogens with zero attached hydrogens (tertiary/aromatic N) is 1. The summed E-state index contributed by atoms with van der Waals surface area (Å²) in [6.45, 7) is 2.11. The number of aromatic amines is 1. The van der Waals surface area contributed by atoms with E-state index in [1.165, 1.54) is 5.56 Å². The molecule has 0 aliphatic heterocycles. The minimum absolute atomic E-state index is 0.176. The monoisotopic (exact) mass is 337 g/mol. The van der Waals surface area contributed by atoms with Gasteiger partial charge in [0.2, 0.25) is 0 Å². The zero-order valence-electron chi connectivity index (χ0n) is 12.9. The van der Waals surface area contributed by atoms with Gasteiger partial charge in [-0.2, -0.15) is 0 Å². The first-order valence-electron chi connectivity index (χ1n) is 7.59. The summed E-state index contributed by atoms with van der Waals surface area (Å²) in [5.41, 5.74) is 4.22. The first kappa shape index (κ1) is 14.7. The molecule has 0 bridgehead atoms. The number of aromatic nitrogens is 2. The van der Waals surface area contributed by atoms with Crippen LogP contribution in [0, 0.1) is 0 Å². The van der Waals surface area contributed by atoms with Crippen molar-refractivity contribution in [2.75, 3.05) is 5.32 Å². The number of hydrogen-bond donors (Lipinski definition) is 2. The topological polar surface area (TPSA) is 70.9 Å². The Labute approximate surface area is 142 Å². The van der Waals surface area contributed by atoms with Crippen molar-refractivity contribution in [2.45, 2.75) is 13.0 Å². The zero-order chi connectivity index (χ0) is 16.5. The van der Waals surface area contributed by atoms with Crippen LogP contribution in [-0.4, -0.2) is 9.97 Å². The molecule has 4 aromatic rings. The molecule has 0 spiro atoms.